The molecule has 0 fully saturated rings. The number of thioether (sulfide) groups is 1. The van der Waals surface area contributed by atoms with Crippen molar-refractivity contribution in [1.29, 1.82) is 0 Å². The topological polar surface area (TPSA) is 54.6 Å². The average Bonchev–Trinajstić information content (AvgIpc) is 3.22. The quantitative estimate of drug-likeness (QED) is 0.368. The number of nitrogens with one attached hydrogen (secondary N) is 1. The normalized spacial score (nSPS) is 15.4. The molecule has 1 unspecified atom stereocenters. The van der Waals surface area contributed by atoms with E-state index in [1.165, 1.54) is 40.1 Å². The minimum Gasteiger partial charge on any atom is -0.497 e. The van der Waals surface area contributed by atoms with Crippen LogP contribution >= 0.6 is 11.8 Å². The summed E-state index contributed by atoms with van der Waals surface area (Å²) < 4.78 is 24.2. The number of halogens is 1. The number of aromatic nitrogens is 1. The van der Waals surface area contributed by atoms with Crippen molar-refractivity contribution in [3.05, 3.63) is 89.4 Å². The van der Waals surface area contributed by atoms with Gasteiger partial charge in [0.1, 0.15) is 23.4 Å². The monoisotopic (exact) mass is 462 g/mol. The van der Waals surface area contributed by atoms with E-state index < -0.39 is 6.09 Å². The molecule has 0 saturated heterocycles. The van der Waals surface area contributed by atoms with Gasteiger partial charge in [0.05, 0.1) is 7.11 Å². The minimum absolute atomic E-state index is 0.307. The average molecular weight is 463 g/mol. The molecule has 4 aromatic rings. The second kappa shape index (κ2) is 8.83. The van der Waals surface area contributed by atoms with Gasteiger partial charge in [0.25, 0.3) is 0 Å². The first-order chi connectivity index (χ1) is 16.1. The standard InChI is InChI=1S/C26H23FN2O3S/c1-31-18-7-3-16(4-8-18)25-24-21(22-15-20(33-2)11-12-23(22)28-24)13-14-29(25)26(30)32-19-9-5-17(27)6-10-19/h3-12,15,25,28H,13-14H2,1-2H3. The van der Waals surface area contributed by atoms with Crippen LogP contribution < -0.4 is 9.47 Å². The molecule has 7 heteroatoms. The van der Waals surface area contributed by atoms with E-state index in [1.54, 1.807) is 23.8 Å². The lowest BCUT2D eigenvalue weighted by molar-refractivity contribution is 0.135. The summed E-state index contributed by atoms with van der Waals surface area (Å²) in [4.78, 5) is 19.7. The third-order valence-electron chi connectivity index (χ3n) is 6.02. The SMILES string of the molecule is COc1ccc(C2c3[nH]c4ccc(SC)cc4c3CCN2C(=O)Oc2ccc(F)cc2)cc1. The molecule has 3 aromatic carbocycles. The molecule has 168 valence electrons. The Kier molecular flexibility index (Phi) is 5.72. The van der Waals surface area contributed by atoms with Gasteiger partial charge in [0, 0.05) is 28.0 Å². The van der Waals surface area contributed by atoms with Gasteiger partial charge in [-0.15, -0.1) is 11.8 Å². The Morgan fingerprint density at radius 2 is 1.79 bits per heavy atom. The summed E-state index contributed by atoms with van der Waals surface area (Å²) in [5, 5.41) is 1.18. The fourth-order valence-corrected chi connectivity index (χ4v) is 4.83. The molecule has 1 atom stereocenters. The van der Waals surface area contributed by atoms with E-state index in [4.69, 9.17) is 9.47 Å². The van der Waals surface area contributed by atoms with Crippen LogP contribution in [0.5, 0.6) is 11.5 Å². The largest absolute Gasteiger partial charge is 0.497 e. The summed E-state index contributed by atoms with van der Waals surface area (Å²) in [7, 11) is 1.63. The summed E-state index contributed by atoms with van der Waals surface area (Å²) in [6.45, 7) is 0.500. The number of ether oxygens (including phenoxy) is 2. The highest BCUT2D eigenvalue weighted by atomic mass is 32.2. The Morgan fingerprint density at radius 1 is 1.06 bits per heavy atom. The molecule has 2 heterocycles. The van der Waals surface area contributed by atoms with Crippen LogP contribution in [0.25, 0.3) is 10.9 Å². The van der Waals surface area contributed by atoms with Crippen LogP contribution in [0.1, 0.15) is 22.9 Å². The van der Waals surface area contributed by atoms with Crippen LogP contribution in [-0.2, 0) is 6.42 Å². The molecule has 1 amide bonds. The molecular formula is C26H23FN2O3S. The number of carbonyl (C=O) groups excluding carboxylic acids is 1. The Balaban J connectivity index is 1.57. The van der Waals surface area contributed by atoms with Crippen molar-refractivity contribution in [2.24, 2.45) is 0 Å². The molecule has 0 saturated carbocycles. The molecule has 1 aliphatic heterocycles. The van der Waals surface area contributed by atoms with Gasteiger partial charge in [-0.25, -0.2) is 9.18 Å². The summed E-state index contributed by atoms with van der Waals surface area (Å²) >= 11 is 1.71. The molecule has 33 heavy (non-hydrogen) atoms. The molecule has 0 radical (unpaired) electrons. The first kappa shape index (κ1) is 21.4. The molecule has 0 bridgehead atoms. The zero-order chi connectivity index (χ0) is 22.9. The highest BCUT2D eigenvalue weighted by Crippen LogP contribution is 2.40. The summed E-state index contributed by atoms with van der Waals surface area (Å²) in [6.07, 6.45) is 2.29. The van der Waals surface area contributed by atoms with Gasteiger partial charge in [0.2, 0.25) is 0 Å². The van der Waals surface area contributed by atoms with Crippen molar-refractivity contribution in [1.82, 2.24) is 9.88 Å². The number of benzene rings is 3. The molecular weight excluding hydrogens is 439 g/mol. The van der Waals surface area contributed by atoms with Gasteiger partial charge in [-0.2, -0.15) is 0 Å². The molecule has 0 aliphatic carbocycles. The lowest BCUT2D eigenvalue weighted by Gasteiger charge is -2.35. The maximum atomic E-state index is 13.3. The maximum Gasteiger partial charge on any atom is 0.416 e. The number of hydrogen-bond donors (Lipinski definition) is 1. The van der Waals surface area contributed by atoms with E-state index in [-0.39, 0.29) is 11.9 Å². The van der Waals surface area contributed by atoms with Crippen LogP contribution in [0.3, 0.4) is 0 Å². The number of aromatic amines is 1. The molecule has 0 spiro atoms. The van der Waals surface area contributed by atoms with Gasteiger partial charge in [0.15, 0.2) is 0 Å². The molecule has 1 aliphatic rings. The van der Waals surface area contributed by atoms with Crippen LogP contribution in [0.15, 0.2) is 71.6 Å². The molecule has 1 aromatic heterocycles. The number of nitrogens with zero attached hydrogens (tertiary/aromatic N) is 1. The summed E-state index contributed by atoms with van der Waals surface area (Å²) in [5.74, 6) is 0.676. The Hall–Kier alpha value is -3.45. The first-order valence-electron chi connectivity index (χ1n) is 10.6. The number of methoxy groups -OCH3 is 1. The van der Waals surface area contributed by atoms with E-state index in [2.05, 4.69) is 29.4 Å². The van der Waals surface area contributed by atoms with Crippen LogP contribution in [0.4, 0.5) is 9.18 Å². The van der Waals surface area contributed by atoms with Crippen molar-refractivity contribution in [2.45, 2.75) is 17.4 Å². The predicted octanol–water partition coefficient (Wildman–Crippen LogP) is 6.18. The van der Waals surface area contributed by atoms with Crippen molar-refractivity contribution < 1.29 is 18.7 Å². The van der Waals surface area contributed by atoms with Crippen LogP contribution in [0.2, 0.25) is 0 Å². The van der Waals surface area contributed by atoms with E-state index in [1.807, 2.05) is 24.3 Å². The van der Waals surface area contributed by atoms with Gasteiger partial charge >= 0.3 is 6.09 Å². The van der Waals surface area contributed by atoms with Crippen molar-refractivity contribution in [3.8, 4) is 11.5 Å². The molecule has 1 N–H and O–H groups in total. The second-order valence-corrected chi connectivity index (χ2v) is 8.75. The smallest absolute Gasteiger partial charge is 0.416 e. The van der Waals surface area contributed by atoms with Crippen molar-refractivity contribution in [2.75, 3.05) is 19.9 Å². The van der Waals surface area contributed by atoms with Crippen molar-refractivity contribution >= 4 is 28.8 Å². The second-order valence-electron chi connectivity index (χ2n) is 7.87. The number of fused-ring (bicyclic) bond motifs is 3. The highest BCUT2D eigenvalue weighted by Gasteiger charge is 2.35. The highest BCUT2D eigenvalue weighted by molar-refractivity contribution is 7.98. The maximum absolute atomic E-state index is 13.3. The summed E-state index contributed by atoms with van der Waals surface area (Å²) in [5.41, 5.74) is 4.19. The number of rotatable bonds is 4. The van der Waals surface area contributed by atoms with E-state index in [0.717, 1.165) is 22.5 Å². The van der Waals surface area contributed by atoms with Gasteiger partial charge < -0.3 is 14.5 Å². The first-order valence-corrected chi connectivity index (χ1v) is 11.9. The number of H-pyrrole nitrogens is 1. The zero-order valence-corrected chi connectivity index (χ0v) is 19.1. The third-order valence-corrected chi connectivity index (χ3v) is 6.74. The lowest BCUT2D eigenvalue weighted by Crippen LogP contribution is -2.42. The van der Waals surface area contributed by atoms with Gasteiger partial charge in [-0.1, -0.05) is 12.1 Å². The fourth-order valence-electron chi connectivity index (χ4n) is 4.39. The minimum atomic E-state index is -0.475. The van der Waals surface area contributed by atoms with E-state index in [0.29, 0.717) is 18.7 Å². The number of amides is 1. The summed E-state index contributed by atoms with van der Waals surface area (Å²) in [6, 6.07) is 19.2. The van der Waals surface area contributed by atoms with E-state index >= 15 is 0 Å². The number of hydrogen-bond acceptors (Lipinski definition) is 4. The van der Waals surface area contributed by atoms with E-state index in [9.17, 15) is 9.18 Å². The van der Waals surface area contributed by atoms with Gasteiger partial charge in [-0.3, -0.25) is 4.90 Å². The van der Waals surface area contributed by atoms with Crippen LogP contribution in [-0.4, -0.2) is 35.9 Å². The van der Waals surface area contributed by atoms with Gasteiger partial charge in [-0.05, 0) is 78.4 Å². The Bertz CT molecular complexity index is 1300. The Morgan fingerprint density at radius 3 is 2.48 bits per heavy atom. The molecule has 5 rings (SSSR count). The van der Waals surface area contributed by atoms with Crippen molar-refractivity contribution in [3.63, 3.8) is 0 Å². The zero-order valence-electron chi connectivity index (χ0n) is 18.3. The fraction of sp³-hybridized carbons (Fsp3) is 0.192. The van der Waals surface area contributed by atoms with Crippen LogP contribution in [0, 0.1) is 5.82 Å². The lowest BCUT2D eigenvalue weighted by atomic mass is 9.92. The molecule has 5 nitrogen and oxygen atoms in total. The third kappa shape index (κ3) is 4.04. The Labute approximate surface area is 195 Å². The predicted molar refractivity (Wildman–Crippen MR) is 128 cm³/mol. The number of carbonyl (C=O) groups is 1.